The summed E-state index contributed by atoms with van der Waals surface area (Å²) in [6, 6.07) is 3.88. The second-order valence-electron chi connectivity index (χ2n) is 5.15. The Balaban J connectivity index is 2.24. The molecule has 0 amide bonds. The molecule has 0 spiro atoms. The van der Waals surface area contributed by atoms with Crippen molar-refractivity contribution in [3.63, 3.8) is 0 Å². The number of carboxylic acids is 1. The molecular formula is C16H19NO4. The number of hydrogen-bond acceptors (Lipinski definition) is 4. The maximum absolute atomic E-state index is 10.9. The van der Waals surface area contributed by atoms with E-state index >= 15 is 0 Å². The zero-order valence-electron chi connectivity index (χ0n) is 12.3. The van der Waals surface area contributed by atoms with Gasteiger partial charge in [0, 0.05) is 24.1 Å². The lowest BCUT2D eigenvalue weighted by Crippen LogP contribution is -2.29. The van der Waals surface area contributed by atoms with Crippen LogP contribution in [0, 0.1) is 12.3 Å². The molecule has 1 aromatic carbocycles. The molecule has 5 heteroatoms. The van der Waals surface area contributed by atoms with Gasteiger partial charge in [-0.05, 0) is 19.1 Å². The van der Waals surface area contributed by atoms with Gasteiger partial charge in [0.2, 0.25) is 0 Å². The van der Waals surface area contributed by atoms with Crippen molar-refractivity contribution >= 4 is 5.97 Å². The van der Waals surface area contributed by atoms with E-state index in [2.05, 4.69) is 5.92 Å². The van der Waals surface area contributed by atoms with Gasteiger partial charge in [-0.25, -0.2) is 0 Å². The van der Waals surface area contributed by atoms with Crippen LogP contribution in [0.3, 0.4) is 0 Å². The number of methoxy groups -OCH3 is 1. The van der Waals surface area contributed by atoms with Gasteiger partial charge in [-0.2, -0.15) is 0 Å². The highest BCUT2D eigenvalue weighted by molar-refractivity contribution is 5.69. The minimum Gasteiger partial charge on any atom is -0.496 e. The van der Waals surface area contributed by atoms with Crippen molar-refractivity contribution in [1.82, 2.24) is 4.90 Å². The van der Waals surface area contributed by atoms with Gasteiger partial charge < -0.3 is 14.6 Å². The summed E-state index contributed by atoms with van der Waals surface area (Å²) in [5.41, 5.74) is 1.99. The molecule has 1 unspecified atom stereocenters. The van der Waals surface area contributed by atoms with Crippen LogP contribution in [0.1, 0.15) is 18.1 Å². The number of aliphatic carboxylic acids is 1. The lowest BCUT2D eigenvalue weighted by Gasteiger charge is -2.19. The van der Waals surface area contributed by atoms with Gasteiger partial charge in [-0.3, -0.25) is 9.69 Å². The lowest BCUT2D eigenvalue weighted by molar-refractivity contribution is -0.138. The SMILES string of the molecule is C#CCN(CC(=O)O)Cc1cc2c(cc1OC)CC(C)O2. The highest BCUT2D eigenvalue weighted by Crippen LogP contribution is 2.35. The van der Waals surface area contributed by atoms with Crippen LogP contribution < -0.4 is 9.47 Å². The summed E-state index contributed by atoms with van der Waals surface area (Å²) in [6.45, 7) is 2.58. The van der Waals surface area contributed by atoms with Gasteiger partial charge in [0.1, 0.15) is 17.6 Å². The van der Waals surface area contributed by atoms with Gasteiger partial charge >= 0.3 is 5.97 Å². The molecule has 0 bridgehead atoms. The summed E-state index contributed by atoms with van der Waals surface area (Å²) in [7, 11) is 1.60. The number of nitrogens with zero attached hydrogens (tertiary/aromatic N) is 1. The smallest absolute Gasteiger partial charge is 0.317 e. The molecule has 0 aromatic heterocycles. The van der Waals surface area contributed by atoms with Gasteiger partial charge in [0.05, 0.1) is 20.2 Å². The third-order valence-corrected chi connectivity index (χ3v) is 3.37. The Bertz CT molecular complexity index is 576. The molecule has 112 valence electrons. The lowest BCUT2D eigenvalue weighted by atomic mass is 10.1. The molecular weight excluding hydrogens is 270 g/mol. The molecule has 0 fully saturated rings. The number of rotatable bonds is 6. The van der Waals surface area contributed by atoms with E-state index in [1.807, 2.05) is 19.1 Å². The number of terminal acetylenes is 1. The number of carbonyl (C=O) groups is 1. The number of carboxylic acid groups (broad SMARTS) is 1. The quantitative estimate of drug-likeness (QED) is 0.805. The van der Waals surface area contributed by atoms with Crippen LogP contribution in [0.2, 0.25) is 0 Å². The predicted molar refractivity (Wildman–Crippen MR) is 78.5 cm³/mol. The van der Waals surface area contributed by atoms with E-state index < -0.39 is 5.97 Å². The molecule has 1 heterocycles. The fraction of sp³-hybridized carbons (Fsp3) is 0.438. The van der Waals surface area contributed by atoms with Crippen molar-refractivity contribution in [1.29, 1.82) is 0 Å². The van der Waals surface area contributed by atoms with Crippen LogP contribution >= 0.6 is 0 Å². The average molecular weight is 289 g/mol. The summed E-state index contributed by atoms with van der Waals surface area (Å²) in [6.07, 6.45) is 6.31. The average Bonchev–Trinajstić information content (AvgIpc) is 2.76. The van der Waals surface area contributed by atoms with E-state index in [0.29, 0.717) is 6.54 Å². The van der Waals surface area contributed by atoms with Crippen molar-refractivity contribution in [3.05, 3.63) is 23.3 Å². The highest BCUT2D eigenvalue weighted by Gasteiger charge is 2.22. The van der Waals surface area contributed by atoms with Crippen molar-refractivity contribution in [2.75, 3.05) is 20.2 Å². The summed E-state index contributed by atoms with van der Waals surface area (Å²) in [4.78, 5) is 12.6. The molecule has 0 aliphatic carbocycles. The number of hydrogen-bond donors (Lipinski definition) is 1. The van der Waals surface area contributed by atoms with Crippen molar-refractivity contribution in [2.24, 2.45) is 0 Å². The molecule has 1 aliphatic heterocycles. The first-order chi connectivity index (χ1) is 10.0. The second-order valence-corrected chi connectivity index (χ2v) is 5.15. The fourth-order valence-corrected chi connectivity index (χ4v) is 2.52. The van der Waals surface area contributed by atoms with Crippen molar-refractivity contribution in [3.8, 4) is 23.8 Å². The zero-order valence-corrected chi connectivity index (χ0v) is 12.3. The summed E-state index contributed by atoms with van der Waals surface area (Å²) in [5.74, 6) is 3.15. The first-order valence-corrected chi connectivity index (χ1v) is 6.77. The van der Waals surface area contributed by atoms with E-state index in [1.165, 1.54) is 0 Å². The maximum Gasteiger partial charge on any atom is 0.317 e. The molecule has 0 saturated carbocycles. The van der Waals surface area contributed by atoms with E-state index in [4.69, 9.17) is 21.0 Å². The van der Waals surface area contributed by atoms with Gasteiger partial charge in [-0.15, -0.1) is 6.42 Å². The number of ether oxygens (including phenoxy) is 2. The van der Waals surface area contributed by atoms with Crippen LogP contribution in [-0.4, -0.2) is 42.3 Å². The molecule has 0 radical (unpaired) electrons. The fourth-order valence-electron chi connectivity index (χ4n) is 2.52. The van der Waals surface area contributed by atoms with Gasteiger partial charge in [0.15, 0.2) is 0 Å². The minimum atomic E-state index is -0.907. The molecule has 21 heavy (non-hydrogen) atoms. The molecule has 2 rings (SSSR count). The molecule has 1 aromatic rings. The number of benzene rings is 1. The summed E-state index contributed by atoms with van der Waals surface area (Å²) in [5, 5.41) is 8.94. The Labute approximate surface area is 124 Å². The van der Waals surface area contributed by atoms with E-state index in [-0.39, 0.29) is 19.2 Å². The second kappa shape index (κ2) is 6.51. The Morgan fingerprint density at radius 2 is 2.38 bits per heavy atom. The monoisotopic (exact) mass is 289 g/mol. The first-order valence-electron chi connectivity index (χ1n) is 6.77. The molecule has 1 aliphatic rings. The molecule has 0 saturated heterocycles. The third-order valence-electron chi connectivity index (χ3n) is 3.37. The zero-order chi connectivity index (χ0) is 15.4. The molecule has 1 N–H and O–H groups in total. The Hall–Kier alpha value is -2.19. The van der Waals surface area contributed by atoms with Crippen LogP contribution in [0.25, 0.3) is 0 Å². The van der Waals surface area contributed by atoms with Gasteiger partial charge in [0.25, 0.3) is 0 Å². The van der Waals surface area contributed by atoms with Crippen molar-refractivity contribution < 1.29 is 19.4 Å². The maximum atomic E-state index is 10.9. The van der Waals surface area contributed by atoms with Crippen molar-refractivity contribution in [2.45, 2.75) is 26.0 Å². The van der Waals surface area contributed by atoms with E-state index in [1.54, 1.807) is 12.0 Å². The van der Waals surface area contributed by atoms with E-state index in [9.17, 15) is 4.79 Å². The topological polar surface area (TPSA) is 59.0 Å². The first kappa shape index (κ1) is 15.2. The van der Waals surface area contributed by atoms with Crippen LogP contribution in [0.4, 0.5) is 0 Å². The normalized spacial score (nSPS) is 16.2. The Morgan fingerprint density at radius 1 is 1.62 bits per heavy atom. The third kappa shape index (κ3) is 3.67. The summed E-state index contributed by atoms with van der Waals surface area (Å²) >= 11 is 0. The Morgan fingerprint density at radius 3 is 3.00 bits per heavy atom. The minimum absolute atomic E-state index is 0.109. The summed E-state index contributed by atoms with van der Waals surface area (Å²) < 4.78 is 11.1. The van der Waals surface area contributed by atoms with Gasteiger partial charge in [-0.1, -0.05) is 5.92 Å². The predicted octanol–water partition coefficient (Wildman–Crippen LogP) is 1.54. The van der Waals surface area contributed by atoms with Crippen LogP contribution in [0.5, 0.6) is 11.5 Å². The van der Waals surface area contributed by atoms with Crippen LogP contribution in [-0.2, 0) is 17.8 Å². The highest BCUT2D eigenvalue weighted by atomic mass is 16.5. The standard InChI is InChI=1S/C16H19NO4/c1-4-5-17(10-16(18)19)9-13-8-15-12(6-11(2)21-15)7-14(13)20-3/h1,7-8,11H,5-6,9-10H2,2-3H3,(H,18,19). The van der Waals surface area contributed by atoms with Crippen LogP contribution in [0.15, 0.2) is 12.1 Å². The molecule has 1 atom stereocenters. The van der Waals surface area contributed by atoms with E-state index in [0.717, 1.165) is 29.0 Å². The largest absolute Gasteiger partial charge is 0.496 e. The molecule has 5 nitrogen and oxygen atoms in total. The Kier molecular flexibility index (Phi) is 4.71. The number of fused-ring (bicyclic) bond motifs is 1.